The number of hydrogen-bond donors (Lipinski definition) is 1. The number of rotatable bonds is 8. The maximum Gasteiger partial charge on any atom is 0.235 e. The summed E-state index contributed by atoms with van der Waals surface area (Å²) in [6, 6.07) is 2.35. The van der Waals surface area contributed by atoms with Crippen molar-refractivity contribution in [2.75, 3.05) is 11.1 Å². The van der Waals surface area contributed by atoms with Crippen molar-refractivity contribution in [2.45, 2.75) is 88.8 Å². The standard InChI is InChI=1S/C28H35N5OS2/c1-2-8-33-24(15-28-12-18-9-19(13-28)11-20(10-18)14-28)31-32-27(33)35-17-25(34)30-26-22(16-29)21-6-4-3-5-7-23(21)36-26/h2,18-20H,1,3-15,17H2,(H,30,34). The molecule has 0 aliphatic heterocycles. The maximum atomic E-state index is 12.9. The first-order valence-corrected chi connectivity index (χ1v) is 15.4. The molecule has 190 valence electrons. The van der Waals surface area contributed by atoms with Crippen LogP contribution in [0.25, 0.3) is 0 Å². The highest BCUT2D eigenvalue weighted by Crippen LogP contribution is 2.61. The molecule has 0 aromatic carbocycles. The van der Waals surface area contributed by atoms with Crippen LogP contribution < -0.4 is 5.32 Å². The lowest BCUT2D eigenvalue weighted by atomic mass is 9.49. The smallest absolute Gasteiger partial charge is 0.235 e. The lowest BCUT2D eigenvalue weighted by Gasteiger charge is -2.56. The van der Waals surface area contributed by atoms with Crippen molar-refractivity contribution in [1.29, 1.82) is 5.26 Å². The third kappa shape index (κ3) is 4.65. The predicted molar refractivity (Wildman–Crippen MR) is 144 cm³/mol. The molecule has 36 heavy (non-hydrogen) atoms. The molecule has 0 radical (unpaired) electrons. The Labute approximate surface area is 221 Å². The average molecular weight is 522 g/mol. The zero-order valence-electron chi connectivity index (χ0n) is 20.9. The molecule has 0 saturated heterocycles. The van der Waals surface area contributed by atoms with Gasteiger partial charge in [0.1, 0.15) is 16.9 Å². The summed E-state index contributed by atoms with van der Waals surface area (Å²) in [5.41, 5.74) is 2.22. The van der Waals surface area contributed by atoms with Crippen LogP contribution in [0.15, 0.2) is 17.8 Å². The minimum Gasteiger partial charge on any atom is -0.316 e. The molecule has 1 amide bonds. The number of hydrogen-bond acceptors (Lipinski definition) is 6. The van der Waals surface area contributed by atoms with Crippen LogP contribution >= 0.6 is 23.1 Å². The van der Waals surface area contributed by atoms with Crippen molar-refractivity contribution in [3.63, 3.8) is 0 Å². The molecular formula is C28H35N5OS2. The number of allylic oxidation sites excluding steroid dienone is 1. The fourth-order valence-corrected chi connectivity index (χ4v) is 9.98. The average Bonchev–Trinajstić information content (AvgIpc) is 3.27. The Morgan fingerprint density at radius 3 is 2.58 bits per heavy atom. The minimum atomic E-state index is -0.0938. The van der Waals surface area contributed by atoms with E-state index in [9.17, 15) is 10.1 Å². The number of thioether (sulfide) groups is 1. The van der Waals surface area contributed by atoms with Crippen LogP contribution in [0.2, 0.25) is 0 Å². The normalized spacial score (nSPS) is 28.4. The van der Waals surface area contributed by atoms with E-state index in [2.05, 4.69) is 32.7 Å². The van der Waals surface area contributed by atoms with E-state index in [1.165, 1.54) is 61.6 Å². The van der Waals surface area contributed by atoms with Crippen molar-refractivity contribution >= 4 is 34.0 Å². The van der Waals surface area contributed by atoms with Gasteiger partial charge in [0, 0.05) is 17.8 Å². The number of amides is 1. The Bertz CT molecular complexity index is 1170. The number of carbonyl (C=O) groups is 1. The lowest BCUT2D eigenvalue weighted by Crippen LogP contribution is -2.47. The Hall–Kier alpha value is -2.11. The summed E-state index contributed by atoms with van der Waals surface area (Å²) in [5.74, 6) is 3.94. The molecule has 5 aliphatic rings. The number of nitrogens with one attached hydrogen (secondary N) is 1. The number of carbonyl (C=O) groups excluding carboxylic acids is 1. The van der Waals surface area contributed by atoms with E-state index in [-0.39, 0.29) is 11.7 Å². The Balaban J connectivity index is 1.13. The molecule has 8 heteroatoms. The van der Waals surface area contributed by atoms with Crippen LogP contribution in [-0.2, 0) is 30.6 Å². The van der Waals surface area contributed by atoms with E-state index >= 15 is 0 Å². The van der Waals surface area contributed by atoms with Crippen LogP contribution in [0.5, 0.6) is 0 Å². The van der Waals surface area contributed by atoms with E-state index in [1.54, 1.807) is 11.3 Å². The Morgan fingerprint density at radius 1 is 1.17 bits per heavy atom. The maximum absolute atomic E-state index is 12.9. The van der Waals surface area contributed by atoms with E-state index in [1.807, 2.05) is 6.08 Å². The Morgan fingerprint density at radius 2 is 1.89 bits per heavy atom. The van der Waals surface area contributed by atoms with Gasteiger partial charge in [0.25, 0.3) is 0 Å². The Kier molecular flexibility index (Phi) is 6.72. The first kappa shape index (κ1) is 24.2. The third-order valence-electron chi connectivity index (χ3n) is 8.92. The van der Waals surface area contributed by atoms with E-state index in [0.29, 0.717) is 22.5 Å². The van der Waals surface area contributed by atoms with Gasteiger partial charge in [-0.05, 0) is 92.9 Å². The highest BCUT2D eigenvalue weighted by atomic mass is 32.2. The summed E-state index contributed by atoms with van der Waals surface area (Å²) in [6.07, 6.45) is 16.7. The second-order valence-electron chi connectivity index (χ2n) is 11.6. The monoisotopic (exact) mass is 521 g/mol. The van der Waals surface area contributed by atoms with Crippen molar-refractivity contribution in [1.82, 2.24) is 14.8 Å². The van der Waals surface area contributed by atoms with Gasteiger partial charge in [-0.15, -0.1) is 28.1 Å². The molecule has 4 saturated carbocycles. The van der Waals surface area contributed by atoms with Crippen molar-refractivity contribution in [2.24, 2.45) is 23.2 Å². The number of anilines is 1. The molecule has 2 aromatic rings. The van der Waals surface area contributed by atoms with Gasteiger partial charge in [-0.25, -0.2) is 0 Å². The third-order valence-corrected chi connectivity index (χ3v) is 11.1. The zero-order chi connectivity index (χ0) is 24.7. The summed E-state index contributed by atoms with van der Waals surface area (Å²) in [6.45, 7) is 4.62. The minimum absolute atomic E-state index is 0.0938. The fraction of sp³-hybridized carbons (Fsp3) is 0.643. The van der Waals surface area contributed by atoms with E-state index < -0.39 is 0 Å². The summed E-state index contributed by atoms with van der Waals surface area (Å²) in [4.78, 5) is 14.2. The first-order valence-electron chi connectivity index (χ1n) is 13.6. The van der Waals surface area contributed by atoms with Gasteiger partial charge in [-0.2, -0.15) is 5.26 Å². The SMILES string of the molecule is C=CCn1c(CC23CC4CC(CC(C4)C2)C3)nnc1SCC(=O)Nc1sc2c(c1C#N)CCCCC2. The van der Waals surface area contributed by atoms with Gasteiger partial charge in [-0.3, -0.25) is 4.79 Å². The molecule has 1 N–H and O–H groups in total. The topological polar surface area (TPSA) is 83.6 Å². The number of aromatic nitrogens is 3. The second-order valence-corrected chi connectivity index (χ2v) is 13.7. The van der Waals surface area contributed by atoms with Crippen molar-refractivity contribution in [3.8, 4) is 6.07 Å². The molecule has 2 heterocycles. The van der Waals surface area contributed by atoms with Crippen molar-refractivity contribution < 1.29 is 4.79 Å². The molecule has 4 bridgehead atoms. The highest BCUT2D eigenvalue weighted by Gasteiger charge is 2.51. The number of nitriles is 1. The first-order chi connectivity index (χ1) is 17.6. The number of fused-ring (bicyclic) bond motifs is 1. The molecule has 2 aromatic heterocycles. The summed E-state index contributed by atoms with van der Waals surface area (Å²) >= 11 is 3.02. The van der Waals surface area contributed by atoms with E-state index in [4.69, 9.17) is 0 Å². The van der Waals surface area contributed by atoms with Crippen LogP contribution in [0.1, 0.15) is 79.6 Å². The van der Waals surface area contributed by atoms with Gasteiger partial charge in [0.05, 0.1) is 11.3 Å². The molecule has 4 fully saturated rings. The number of thiophene rings is 1. The quantitative estimate of drug-likeness (QED) is 0.256. The molecule has 0 unspecified atom stereocenters. The molecule has 6 nitrogen and oxygen atoms in total. The molecule has 5 aliphatic carbocycles. The van der Waals surface area contributed by atoms with Crippen molar-refractivity contribution in [3.05, 3.63) is 34.5 Å². The fourth-order valence-electron chi connectivity index (χ4n) is 7.95. The summed E-state index contributed by atoms with van der Waals surface area (Å²) in [7, 11) is 0. The molecule has 7 rings (SSSR count). The van der Waals surface area contributed by atoms with Gasteiger partial charge < -0.3 is 9.88 Å². The van der Waals surface area contributed by atoms with Gasteiger partial charge in [-0.1, -0.05) is 24.3 Å². The van der Waals surface area contributed by atoms with Gasteiger partial charge in [0.15, 0.2) is 5.16 Å². The van der Waals surface area contributed by atoms with Crippen LogP contribution in [0, 0.1) is 34.5 Å². The zero-order valence-corrected chi connectivity index (χ0v) is 22.6. The summed E-state index contributed by atoms with van der Waals surface area (Å²) < 4.78 is 2.16. The summed E-state index contributed by atoms with van der Waals surface area (Å²) in [5, 5.41) is 23.4. The van der Waals surface area contributed by atoms with Crippen LogP contribution in [0.4, 0.5) is 5.00 Å². The predicted octanol–water partition coefficient (Wildman–Crippen LogP) is 6.16. The largest absolute Gasteiger partial charge is 0.316 e. The lowest BCUT2D eigenvalue weighted by molar-refractivity contribution is -0.113. The highest BCUT2D eigenvalue weighted by molar-refractivity contribution is 7.99. The molecule has 0 spiro atoms. The molecular weight excluding hydrogens is 486 g/mol. The number of aryl methyl sites for hydroxylation is 1. The van der Waals surface area contributed by atoms with Crippen LogP contribution in [-0.4, -0.2) is 26.4 Å². The van der Waals surface area contributed by atoms with Gasteiger partial charge >= 0.3 is 0 Å². The second kappa shape index (κ2) is 9.98. The number of nitrogens with zero attached hydrogens (tertiary/aromatic N) is 4. The molecule has 0 atom stereocenters. The van der Waals surface area contributed by atoms with E-state index in [0.717, 1.165) is 66.4 Å². The van der Waals surface area contributed by atoms with Gasteiger partial charge in [0.2, 0.25) is 5.91 Å². The van der Waals surface area contributed by atoms with Crippen LogP contribution in [0.3, 0.4) is 0 Å².